The van der Waals surface area contributed by atoms with Crippen LogP contribution in [-0.2, 0) is 19.5 Å². The molecule has 3 aromatic heterocycles. The van der Waals surface area contributed by atoms with Crippen molar-refractivity contribution in [2.24, 2.45) is 0 Å². The van der Waals surface area contributed by atoms with Crippen molar-refractivity contribution in [3.8, 4) is 11.5 Å². The predicted molar refractivity (Wildman–Crippen MR) is 143 cm³/mol. The Bertz CT molecular complexity index is 1480. The minimum absolute atomic E-state index is 0.104. The fourth-order valence-corrected chi connectivity index (χ4v) is 5.51. The molecule has 0 bridgehead atoms. The maximum atomic E-state index is 13.1. The number of benzene rings is 1. The molecule has 3 heterocycles. The van der Waals surface area contributed by atoms with Gasteiger partial charge in [0.15, 0.2) is 17.0 Å². The fraction of sp³-hybridized carbons (Fsp3) is 0.519. The lowest BCUT2D eigenvalue weighted by Gasteiger charge is -2.23. The maximum Gasteiger partial charge on any atom is 0.332 e. The van der Waals surface area contributed by atoms with Crippen molar-refractivity contribution >= 4 is 22.8 Å². The van der Waals surface area contributed by atoms with Gasteiger partial charge in [-0.1, -0.05) is 56.0 Å². The van der Waals surface area contributed by atoms with Gasteiger partial charge < -0.3 is 9.51 Å². The van der Waals surface area contributed by atoms with E-state index in [1.807, 2.05) is 13.0 Å². The van der Waals surface area contributed by atoms with Crippen LogP contribution >= 0.6 is 11.6 Å². The average Bonchev–Trinajstić information content (AvgIpc) is 3.55. The summed E-state index contributed by atoms with van der Waals surface area (Å²) in [6.07, 6.45) is 9.91. The molecule has 9 nitrogen and oxygen atoms in total. The lowest BCUT2D eigenvalue weighted by atomic mass is 9.82. The van der Waals surface area contributed by atoms with Crippen LogP contribution in [0.5, 0.6) is 0 Å². The number of imidazole rings is 1. The van der Waals surface area contributed by atoms with E-state index in [2.05, 4.69) is 38.3 Å². The highest BCUT2D eigenvalue weighted by Gasteiger charge is 2.21. The van der Waals surface area contributed by atoms with Crippen LogP contribution in [0.15, 0.2) is 38.4 Å². The Labute approximate surface area is 219 Å². The van der Waals surface area contributed by atoms with Crippen molar-refractivity contribution in [1.82, 2.24) is 29.2 Å². The van der Waals surface area contributed by atoms with Crippen molar-refractivity contribution in [2.45, 2.75) is 90.1 Å². The van der Waals surface area contributed by atoms with Crippen LogP contribution in [-0.4, -0.2) is 29.2 Å². The van der Waals surface area contributed by atoms with E-state index in [0.717, 1.165) is 18.4 Å². The Morgan fingerprint density at radius 3 is 2.62 bits per heavy atom. The normalized spacial score (nSPS) is 14.5. The quantitative estimate of drug-likeness (QED) is 0.218. The van der Waals surface area contributed by atoms with Gasteiger partial charge in [-0.05, 0) is 61.3 Å². The van der Waals surface area contributed by atoms with E-state index < -0.39 is 5.56 Å². The van der Waals surface area contributed by atoms with Crippen LogP contribution in [0.2, 0.25) is 5.28 Å². The monoisotopic (exact) mass is 524 g/mol. The second kappa shape index (κ2) is 11.5. The van der Waals surface area contributed by atoms with Gasteiger partial charge in [0.2, 0.25) is 5.28 Å². The Hall–Kier alpha value is -3.20. The summed E-state index contributed by atoms with van der Waals surface area (Å²) in [5, 5.41) is 4.31. The molecular weight excluding hydrogens is 492 g/mol. The first-order valence-corrected chi connectivity index (χ1v) is 13.7. The van der Waals surface area contributed by atoms with Crippen molar-refractivity contribution in [1.29, 1.82) is 0 Å². The molecule has 1 aromatic carbocycles. The Kier molecular flexibility index (Phi) is 7.88. The molecule has 0 atom stereocenters. The number of halogens is 1. The molecule has 1 aliphatic carbocycles. The lowest BCUT2D eigenvalue weighted by molar-refractivity contribution is 0.416. The lowest BCUT2D eigenvalue weighted by Crippen LogP contribution is -2.40. The van der Waals surface area contributed by atoms with E-state index in [1.54, 1.807) is 0 Å². The van der Waals surface area contributed by atoms with Crippen LogP contribution in [0.3, 0.4) is 0 Å². The first-order chi connectivity index (χ1) is 18.1. The zero-order chi connectivity index (χ0) is 25.8. The Balaban J connectivity index is 1.27. The van der Waals surface area contributed by atoms with Crippen LogP contribution in [0.1, 0.15) is 82.0 Å². The maximum absolute atomic E-state index is 13.1. The van der Waals surface area contributed by atoms with Crippen molar-refractivity contribution in [3.05, 3.63) is 61.8 Å². The zero-order valence-electron chi connectivity index (χ0n) is 21.2. The minimum Gasteiger partial charge on any atom is -0.334 e. The molecule has 0 radical (unpaired) electrons. The number of aromatic nitrogens is 6. The van der Waals surface area contributed by atoms with Gasteiger partial charge in [0.1, 0.15) is 0 Å². The second-order valence-electron chi connectivity index (χ2n) is 9.87. The number of H-pyrrole nitrogens is 1. The highest BCUT2D eigenvalue weighted by molar-refractivity contribution is 6.28. The van der Waals surface area contributed by atoms with Crippen molar-refractivity contribution < 1.29 is 4.52 Å². The molecule has 0 aliphatic heterocycles. The Morgan fingerprint density at radius 1 is 1.03 bits per heavy atom. The highest BCUT2D eigenvalue weighted by Crippen LogP contribution is 2.37. The largest absolute Gasteiger partial charge is 0.334 e. The molecule has 1 saturated carbocycles. The molecule has 1 fully saturated rings. The van der Waals surface area contributed by atoms with Crippen LogP contribution in [0.25, 0.3) is 22.6 Å². The summed E-state index contributed by atoms with van der Waals surface area (Å²) in [5.74, 6) is 1.74. The van der Waals surface area contributed by atoms with Crippen molar-refractivity contribution in [3.63, 3.8) is 0 Å². The third kappa shape index (κ3) is 5.42. The summed E-state index contributed by atoms with van der Waals surface area (Å²) in [6.45, 7) is 2.83. The summed E-state index contributed by atoms with van der Waals surface area (Å²) in [6, 6.07) is 8.34. The zero-order valence-corrected chi connectivity index (χ0v) is 22.0. The summed E-state index contributed by atoms with van der Waals surface area (Å²) >= 11 is 6.01. The van der Waals surface area contributed by atoms with Gasteiger partial charge in [0, 0.05) is 25.1 Å². The number of nitrogens with one attached hydrogen (secondary N) is 1. The number of fused-ring (bicyclic) bond motifs is 1. The molecule has 0 spiro atoms. The molecule has 5 rings (SSSR count). The fourth-order valence-electron chi connectivity index (χ4n) is 5.33. The molecule has 0 saturated heterocycles. The summed E-state index contributed by atoms with van der Waals surface area (Å²) in [4.78, 5) is 37.7. The van der Waals surface area contributed by atoms with Gasteiger partial charge in [-0.15, -0.1) is 0 Å². The average molecular weight is 525 g/mol. The minimum atomic E-state index is -0.395. The van der Waals surface area contributed by atoms with Gasteiger partial charge in [0.05, 0.1) is 0 Å². The predicted octanol–water partition coefficient (Wildman–Crippen LogP) is 5.46. The van der Waals surface area contributed by atoms with E-state index in [1.165, 1.54) is 46.8 Å². The molecule has 1 aliphatic rings. The molecule has 10 heteroatoms. The number of unbranched alkanes of at least 4 members (excludes halogenated alkanes) is 2. The third-order valence-corrected chi connectivity index (χ3v) is 7.48. The van der Waals surface area contributed by atoms with Gasteiger partial charge in [0.25, 0.3) is 11.4 Å². The van der Waals surface area contributed by atoms with Crippen LogP contribution in [0, 0.1) is 0 Å². The van der Waals surface area contributed by atoms with Crippen LogP contribution < -0.4 is 11.2 Å². The molecule has 1 N–H and O–H groups in total. The van der Waals surface area contributed by atoms with E-state index in [-0.39, 0.29) is 16.5 Å². The first-order valence-electron chi connectivity index (χ1n) is 13.4. The number of aromatic amines is 1. The highest BCUT2D eigenvalue weighted by atomic mass is 35.5. The second-order valence-corrected chi connectivity index (χ2v) is 10.2. The van der Waals surface area contributed by atoms with Gasteiger partial charge in [-0.3, -0.25) is 13.9 Å². The van der Waals surface area contributed by atoms with Crippen molar-refractivity contribution in [2.75, 3.05) is 0 Å². The summed E-state index contributed by atoms with van der Waals surface area (Å²) in [5.41, 5.74) is 2.16. The smallest absolute Gasteiger partial charge is 0.332 e. The molecule has 37 heavy (non-hydrogen) atoms. The number of nitrogens with zero attached hydrogens (tertiary/aromatic N) is 5. The molecule has 0 amide bonds. The van der Waals surface area contributed by atoms with Crippen LogP contribution in [0.4, 0.5) is 0 Å². The van der Waals surface area contributed by atoms with E-state index in [0.29, 0.717) is 55.6 Å². The molecule has 4 aromatic rings. The molecule has 0 unspecified atom stereocenters. The summed E-state index contributed by atoms with van der Waals surface area (Å²) < 4.78 is 8.46. The van der Waals surface area contributed by atoms with E-state index >= 15 is 0 Å². The molecular formula is C27H33ClN6O3. The number of hydrogen-bond acceptors (Lipinski definition) is 6. The SMILES string of the molecule is CCCCn1c(=O)n(CCCCc2noc(-c3ccccc3C3CCCCC3)n2)c(=O)c2[nH]c(Cl)nc21. The van der Waals surface area contributed by atoms with Gasteiger partial charge in [-0.25, -0.2) is 4.79 Å². The first kappa shape index (κ1) is 25.4. The van der Waals surface area contributed by atoms with Gasteiger partial charge >= 0.3 is 5.69 Å². The molecule has 196 valence electrons. The number of aryl methyl sites for hydroxylation is 2. The Morgan fingerprint density at radius 2 is 1.81 bits per heavy atom. The number of hydrogen-bond donors (Lipinski definition) is 1. The summed E-state index contributed by atoms with van der Waals surface area (Å²) in [7, 11) is 0. The standard InChI is InChI=1S/C27H33ClN6O3/c1-2-3-16-33-23-22(30-26(28)31-23)25(35)34(27(33)36)17-10-9-15-21-29-24(37-32-21)20-14-8-7-13-19(20)18-11-5-4-6-12-18/h7-8,13-14,18H,2-6,9-12,15-17H2,1H3,(H,30,31). The number of rotatable bonds is 10. The van der Waals surface area contributed by atoms with E-state index in [4.69, 9.17) is 16.1 Å². The topological polar surface area (TPSA) is 112 Å². The third-order valence-electron chi connectivity index (χ3n) is 7.30. The van der Waals surface area contributed by atoms with E-state index in [9.17, 15) is 9.59 Å². The van der Waals surface area contributed by atoms with Gasteiger partial charge in [-0.2, -0.15) is 9.97 Å².